The Bertz CT molecular complexity index is 346. The van der Waals surface area contributed by atoms with Gasteiger partial charge in [-0.25, -0.2) is 0 Å². The molecule has 0 aliphatic carbocycles. The maximum absolute atomic E-state index is 12.2. The highest BCUT2D eigenvalue weighted by Gasteiger charge is 2.33. The monoisotopic (exact) mass is 233 g/mol. The quantitative estimate of drug-likeness (QED) is 0.790. The largest absolute Gasteiger partial charge is 0.435 e. The third-order valence-corrected chi connectivity index (χ3v) is 2.25. The molecule has 1 unspecified atom stereocenters. The maximum Gasteiger partial charge on any atom is 0.435 e. The Balaban J connectivity index is 2.12. The van der Waals surface area contributed by atoms with Crippen molar-refractivity contribution in [2.24, 2.45) is 0 Å². The molecule has 1 aliphatic rings. The van der Waals surface area contributed by atoms with Gasteiger partial charge >= 0.3 is 6.18 Å². The van der Waals surface area contributed by atoms with Gasteiger partial charge < -0.3 is 10.1 Å². The molecule has 0 radical (unpaired) electrons. The van der Waals surface area contributed by atoms with Crippen LogP contribution >= 0.6 is 0 Å². The second kappa shape index (κ2) is 4.34. The molecule has 0 amide bonds. The van der Waals surface area contributed by atoms with Crippen LogP contribution in [0.4, 0.5) is 13.2 Å². The first-order chi connectivity index (χ1) is 7.57. The molecule has 1 aromatic heterocycles. The van der Waals surface area contributed by atoms with Gasteiger partial charge in [-0.2, -0.15) is 18.3 Å². The lowest BCUT2D eigenvalue weighted by atomic mass is 10.2. The van der Waals surface area contributed by atoms with Crippen molar-refractivity contribution in [3.63, 3.8) is 0 Å². The van der Waals surface area contributed by atoms with Crippen molar-refractivity contribution in [3.05, 3.63) is 23.5 Å². The predicted octanol–water partition coefficient (Wildman–Crippen LogP) is 1.16. The molecule has 1 aromatic rings. The first kappa shape index (κ1) is 11.3. The third kappa shape index (κ3) is 2.48. The lowest BCUT2D eigenvalue weighted by Crippen LogP contribution is -2.35. The number of rotatable bonds is 1. The van der Waals surface area contributed by atoms with Crippen LogP contribution in [-0.4, -0.2) is 30.0 Å². The van der Waals surface area contributed by atoms with Crippen LogP contribution in [0.3, 0.4) is 0 Å². The normalized spacial score (nSPS) is 22.1. The second-order valence-corrected chi connectivity index (χ2v) is 3.42. The zero-order chi connectivity index (χ0) is 11.6. The molecule has 0 saturated carbocycles. The van der Waals surface area contributed by atoms with Gasteiger partial charge in [-0.3, -0.25) is 0 Å². The van der Waals surface area contributed by atoms with E-state index < -0.39 is 11.9 Å². The molecule has 0 aromatic carbocycles. The van der Waals surface area contributed by atoms with E-state index in [1.54, 1.807) is 0 Å². The highest BCUT2D eigenvalue weighted by Crippen LogP contribution is 2.27. The molecule has 7 heteroatoms. The van der Waals surface area contributed by atoms with Crippen LogP contribution in [0.15, 0.2) is 12.1 Å². The SMILES string of the molecule is FC(F)(F)c1ccc(C2COCCN2)nn1. The van der Waals surface area contributed by atoms with Gasteiger partial charge in [0.1, 0.15) is 0 Å². The van der Waals surface area contributed by atoms with Crippen LogP contribution in [0.25, 0.3) is 0 Å². The number of nitrogens with one attached hydrogen (secondary N) is 1. The third-order valence-electron chi connectivity index (χ3n) is 2.25. The fraction of sp³-hybridized carbons (Fsp3) is 0.556. The van der Waals surface area contributed by atoms with Gasteiger partial charge in [-0.15, -0.1) is 5.10 Å². The molecule has 16 heavy (non-hydrogen) atoms. The van der Waals surface area contributed by atoms with E-state index in [-0.39, 0.29) is 6.04 Å². The Hall–Kier alpha value is -1.21. The molecule has 0 bridgehead atoms. The topological polar surface area (TPSA) is 47.0 Å². The summed E-state index contributed by atoms with van der Waals surface area (Å²) in [5, 5.41) is 9.80. The molecule has 0 spiro atoms. The molecular weight excluding hydrogens is 223 g/mol. The van der Waals surface area contributed by atoms with Gasteiger partial charge in [-0.05, 0) is 12.1 Å². The lowest BCUT2D eigenvalue weighted by molar-refractivity contribution is -0.141. The minimum absolute atomic E-state index is 0.177. The number of hydrogen-bond donors (Lipinski definition) is 1. The number of halogens is 3. The highest BCUT2D eigenvalue weighted by molar-refractivity contribution is 5.12. The number of nitrogens with zero attached hydrogens (tertiary/aromatic N) is 2. The van der Waals surface area contributed by atoms with E-state index in [0.717, 1.165) is 6.07 Å². The zero-order valence-corrected chi connectivity index (χ0v) is 8.29. The Kier molecular flexibility index (Phi) is 3.06. The number of alkyl halides is 3. The van der Waals surface area contributed by atoms with Gasteiger partial charge in [0.2, 0.25) is 0 Å². The molecule has 1 atom stereocenters. The van der Waals surface area contributed by atoms with E-state index in [2.05, 4.69) is 15.5 Å². The number of morpholine rings is 1. The summed E-state index contributed by atoms with van der Waals surface area (Å²) in [5.41, 5.74) is -0.513. The molecule has 4 nitrogen and oxygen atoms in total. The average Bonchev–Trinajstić information content (AvgIpc) is 2.29. The van der Waals surface area contributed by atoms with Crippen molar-refractivity contribution in [3.8, 4) is 0 Å². The van der Waals surface area contributed by atoms with Gasteiger partial charge in [0.25, 0.3) is 0 Å². The van der Waals surface area contributed by atoms with E-state index >= 15 is 0 Å². The summed E-state index contributed by atoms with van der Waals surface area (Å²) < 4.78 is 41.8. The number of ether oxygens (including phenoxy) is 1. The molecular formula is C9H10F3N3O. The number of aromatic nitrogens is 2. The summed E-state index contributed by atoms with van der Waals surface area (Å²) in [6, 6.07) is 2.07. The summed E-state index contributed by atoms with van der Waals surface area (Å²) >= 11 is 0. The summed E-state index contributed by atoms with van der Waals surface area (Å²) in [5.74, 6) is 0. The van der Waals surface area contributed by atoms with E-state index in [4.69, 9.17) is 4.74 Å². The summed E-state index contributed by atoms with van der Waals surface area (Å²) in [4.78, 5) is 0. The van der Waals surface area contributed by atoms with Crippen LogP contribution < -0.4 is 5.32 Å². The molecule has 1 aliphatic heterocycles. The van der Waals surface area contributed by atoms with Crippen LogP contribution in [-0.2, 0) is 10.9 Å². The fourth-order valence-electron chi connectivity index (χ4n) is 1.44. The summed E-state index contributed by atoms with van der Waals surface area (Å²) in [7, 11) is 0. The van der Waals surface area contributed by atoms with Gasteiger partial charge in [0.15, 0.2) is 5.69 Å². The van der Waals surface area contributed by atoms with Crippen molar-refractivity contribution < 1.29 is 17.9 Å². The van der Waals surface area contributed by atoms with Crippen LogP contribution in [0.5, 0.6) is 0 Å². The van der Waals surface area contributed by atoms with E-state index in [0.29, 0.717) is 25.5 Å². The standard InChI is InChI=1S/C9H10F3N3O/c10-9(11,12)8-2-1-6(14-15-8)7-5-16-4-3-13-7/h1-2,7,13H,3-5H2. The Morgan fingerprint density at radius 3 is 2.62 bits per heavy atom. The van der Waals surface area contributed by atoms with Crippen LogP contribution in [0, 0.1) is 0 Å². The Labute approximate surface area is 89.8 Å². The molecule has 1 saturated heterocycles. The molecule has 1 fully saturated rings. The zero-order valence-electron chi connectivity index (χ0n) is 8.29. The first-order valence-electron chi connectivity index (χ1n) is 4.79. The van der Waals surface area contributed by atoms with E-state index in [1.807, 2.05) is 0 Å². The predicted molar refractivity (Wildman–Crippen MR) is 48.6 cm³/mol. The molecule has 2 rings (SSSR count). The second-order valence-electron chi connectivity index (χ2n) is 3.42. The van der Waals surface area contributed by atoms with Gasteiger partial charge in [0.05, 0.1) is 24.9 Å². The lowest BCUT2D eigenvalue weighted by Gasteiger charge is -2.22. The maximum atomic E-state index is 12.2. The fourth-order valence-corrected chi connectivity index (χ4v) is 1.44. The minimum Gasteiger partial charge on any atom is -0.378 e. The van der Waals surface area contributed by atoms with Crippen molar-refractivity contribution in [2.45, 2.75) is 12.2 Å². The van der Waals surface area contributed by atoms with Gasteiger partial charge in [0, 0.05) is 6.54 Å². The van der Waals surface area contributed by atoms with E-state index in [9.17, 15) is 13.2 Å². The Morgan fingerprint density at radius 2 is 2.12 bits per heavy atom. The molecule has 2 heterocycles. The summed E-state index contributed by atoms with van der Waals surface area (Å²) in [6.07, 6.45) is -4.44. The summed E-state index contributed by atoms with van der Waals surface area (Å²) in [6.45, 7) is 1.66. The van der Waals surface area contributed by atoms with Crippen LogP contribution in [0.2, 0.25) is 0 Å². The average molecular weight is 233 g/mol. The minimum atomic E-state index is -4.44. The van der Waals surface area contributed by atoms with Crippen molar-refractivity contribution in [2.75, 3.05) is 19.8 Å². The van der Waals surface area contributed by atoms with Crippen molar-refractivity contribution in [1.29, 1.82) is 0 Å². The molecule has 1 N–H and O–H groups in total. The smallest absolute Gasteiger partial charge is 0.378 e. The van der Waals surface area contributed by atoms with E-state index in [1.165, 1.54) is 6.07 Å². The van der Waals surface area contributed by atoms with Gasteiger partial charge in [-0.1, -0.05) is 0 Å². The Morgan fingerprint density at radius 1 is 1.31 bits per heavy atom. The van der Waals surface area contributed by atoms with Crippen molar-refractivity contribution in [1.82, 2.24) is 15.5 Å². The molecule has 88 valence electrons. The first-order valence-corrected chi connectivity index (χ1v) is 4.79. The van der Waals surface area contributed by atoms with Crippen LogP contribution in [0.1, 0.15) is 17.4 Å². The highest BCUT2D eigenvalue weighted by atomic mass is 19.4. The number of hydrogen-bond acceptors (Lipinski definition) is 4. The van der Waals surface area contributed by atoms with Crippen molar-refractivity contribution >= 4 is 0 Å².